The summed E-state index contributed by atoms with van der Waals surface area (Å²) in [6.45, 7) is 1.74. The number of nitrogens with zero attached hydrogens (tertiary/aromatic N) is 2. The van der Waals surface area contributed by atoms with Crippen molar-refractivity contribution < 1.29 is 9.59 Å². The monoisotopic (exact) mass is 321 g/mol. The number of nitriles is 1. The number of likely N-dealkylation sites (N-methyl/N-ethyl adjacent to an activating group) is 1. The lowest BCUT2D eigenvalue weighted by atomic mass is 10.2. The molecular formula is C14H12ClN3O2S. The maximum Gasteiger partial charge on any atom is 0.264 e. The molecule has 108 valence electrons. The summed E-state index contributed by atoms with van der Waals surface area (Å²) in [5.74, 6) is -0.685. The van der Waals surface area contributed by atoms with Crippen molar-refractivity contribution in [2.45, 2.75) is 12.2 Å². The molecule has 1 fully saturated rings. The van der Waals surface area contributed by atoms with Gasteiger partial charge >= 0.3 is 0 Å². The number of hydrogen-bond donors (Lipinski definition) is 1. The summed E-state index contributed by atoms with van der Waals surface area (Å²) in [5, 5.41) is 12.2. The van der Waals surface area contributed by atoms with Gasteiger partial charge in [0.1, 0.15) is 16.7 Å². The topological polar surface area (TPSA) is 73.2 Å². The zero-order valence-electron chi connectivity index (χ0n) is 11.4. The van der Waals surface area contributed by atoms with E-state index >= 15 is 0 Å². The predicted molar refractivity (Wildman–Crippen MR) is 82.7 cm³/mol. The Labute approximate surface area is 131 Å². The molecule has 0 bridgehead atoms. The molecule has 1 N–H and O–H groups in total. The highest BCUT2D eigenvalue weighted by Gasteiger charge is 2.38. The summed E-state index contributed by atoms with van der Waals surface area (Å²) in [6, 6.07) is 8.54. The third kappa shape index (κ3) is 2.89. The summed E-state index contributed by atoms with van der Waals surface area (Å²) in [6.07, 6.45) is 0. The summed E-state index contributed by atoms with van der Waals surface area (Å²) >= 11 is 7.04. The normalized spacial score (nSPS) is 20.2. The van der Waals surface area contributed by atoms with E-state index in [4.69, 9.17) is 11.6 Å². The van der Waals surface area contributed by atoms with E-state index in [1.807, 2.05) is 6.07 Å². The number of anilines is 1. The molecule has 1 aromatic carbocycles. The van der Waals surface area contributed by atoms with Gasteiger partial charge in [-0.3, -0.25) is 14.5 Å². The van der Waals surface area contributed by atoms with Crippen LogP contribution in [0.25, 0.3) is 0 Å². The van der Waals surface area contributed by atoms with Gasteiger partial charge < -0.3 is 5.32 Å². The molecule has 5 nitrogen and oxygen atoms in total. The molecule has 0 aromatic heterocycles. The van der Waals surface area contributed by atoms with E-state index < -0.39 is 5.91 Å². The van der Waals surface area contributed by atoms with Crippen molar-refractivity contribution in [3.63, 3.8) is 0 Å². The predicted octanol–water partition coefficient (Wildman–Crippen LogP) is 2.29. The van der Waals surface area contributed by atoms with Crippen LogP contribution in [-0.2, 0) is 9.59 Å². The smallest absolute Gasteiger partial charge is 0.264 e. The van der Waals surface area contributed by atoms with E-state index in [0.717, 1.165) is 0 Å². The Morgan fingerprint density at radius 3 is 2.57 bits per heavy atom. The molecule has 2 rings (SSSR count). The quantitative estimate of drug-likeness (QED) is 0.670. The van der Waals surface area contributed by atoms with E-state index in [1.54, 1.807) is 31.2 Å². The molecule has 1 heterocycles. The van der Waals surface area contributed by atoms with E-state index in [9.17, 15) is 14.9 Å². The van der Waals surface area contributed by atoms with Crippen molar-refractivity contribution in [2.24, 2.45) is 0 Å². The van der Waals surface area contributed by atoms with Crippen molar-refractivity contribution in [2.75, 3.05) is 11.9 Å². The summed E-state index contributed by atoms with van der Waals surface area (Å²) in [7, 11) is 1.44. The van der Waals surface area contributed by atoms with E-state index in [2.05, 4.69) is 5.32 Å². The Morgan fingerprint density at radius 2 is 2.05 bits per heavy atom. The van der Waals surface area contributed by atoms with Crippen molar-refractivity contribution in [1.29, 1.82) is 5.26 Å². The Balaban J connectivity index is 2.57. The second-order valence-electron chi connectivity index (χ2n) is 4.28. The van der Waals surface area contributed by atoms with Gasteiger partial charge in [-0.2, -0.15) is 5.26 Å². The maximum absolute atomic E-state index is 12.3. The number of hydrogen-bond acceptors (Lipinski definition) is 4. The number of benzene rings is 1. The molecule has 1 aliphatic rings. The Morgan fingerprint density at radius 1 is 1.43 bits per heavy atom. The molecule has 0 spiro atoms. The Bertz CT molecular complexity index is 664. The van der Waals surface area contributed by atoms with Gasteiger partial charge in [-0.15, -0.1) is 0 Å². The van der Waals surface area contributed by atoms with Crippen LogP contribution in [0.15, 0.2) is 34.9 Å². The minimum atomic E-state index is -0.513. The van der Waals surface area contributed by atoms with Crippen LogP contribution >= 0.6 is 23.4 Å². The highest BCUT2D eigenvalue weighted by molar-refractivity contribution is 8.05. The van der Waals surface area contributed by atoms with Crippen LogP contribution in [0.1, 0.15) is 6.92 Å². The minimum absolute atomic E-state index is 0.0739. The average molecular weight is 322 g/mol. The molecule has 21 heavy (non-hydrogen) atoms. The highest BCUT2D eigenvalue weighted by atomic mass is 35.5. The van der Waals surface area contributed by atoms with E-state index in [0.29, 0.717) is 15.7 Å². The number of halogens is 1. The number of amides is 2. The molecule has 0 aliphatic carbocycles. The first-order chi connectivity index (χ1) is 9.99. The van der Waals surface area contributed by atoms with Gasteiger partial charge in [0.05, 0.1) is 5.25 Å². The number of carbonyl (C=O) groups is 2. The van der Waals surface area contributed by atoms with E-state index in [-0.39, 0.29) is 16.7 Å². The molecule has 1 saturated heterocycles. The number of carbonyl (C=O) groups excluding carboxylic acids is 2. The first-order valence-corrected chi connectivity index (χ1v) is 7.38. The van der Waals surface area contributed by atoms with Crippen LogP contribution in [0, 0.1) is 11.3 Å². The number of thioether (sulfide) groups is 1. The van der Waals surface area contributed by atoms with Gasteiger partial charge in [0.2, 0.25) is 5.91 Å². The molecule has 1 atom stereocenters. The standard InChI is InChI=1S/C14H12ClN3O2S/c1-8-13(20)18(10-5-3-9(15)4-6-10)14(21-8)11(7-16)12(19)17-2/h3-6,8H,1-2H3,(H,17,19)/b14-11+/t8-/m0/s1. The SMILES string of the molecule is CNC(=O)/C(C#N)=C1/S[C@@H](C)C(=O)N1c1ccc(Cl)cc1. The second-order valence-corrected chi connectivity index (χ2v) is 6.05. The average Bonchev–Trinajstić information content (AvgIpc) is 2.76. The zero-order chi connectivity index (χ0) is 15.6. The number of rotatable bonds is 2. The summed E-state index contributed by atoms with van der Waals surface area (Å²) in [4.78, 5) is 25.5. The molecular weight excluding hydrogens is 310 g/mol. The fourth-order valence-corrected chi connectivity index (χ4v) is 3.10. The molecule has 7 heteroatoms. The zero-order valence-corrected chi connectivity index (χ0v) is 13.0. The van der Waals surface area contributed by atoms with Gasteiger partial charge in [0.15, 0.2) is 0 Å². The van der Waals surface area contributed by atoms with E-state index in [1.165, 1.54) is 23.7 Å². The first kappa shape index (κ1) is 15.4. The minimum Gasteiger partial charge on any atom is -0.354 e. The van der Waals surface area contributed by atoms with Crippen LogP contribution in [0.4, 0.5) is 5.69 Å². The lowest BCUT2D eigenvalue weighted by Crippen LogP contribution is -2.29. The summed E-state index contributed by atoms with van der Waals surface area (Å²) < 4.78 is 0. The van der Waals surface area contributed by atoms with Crippen LogP contribution in [0.5, 0.6) is 0 Å². The fraction of sp³-hybridized carbons (Fsp3) is 0.214. The first-order valence-electron chi connectivity index (χ1n) is 6.12. The molecule has 0 unspecified atom stereocenters. The maximum atomic E-state index is 12.3. The van der Waals surface area contributed by atoms with Gasteiger partial charge in [0.25, 0.3) is 5.91 Å². The van der Waals surface area contributed by atoms with Crippen LogP contribution in [0.2, 0.25) is 5.02 Å². The third-order valence-corrected chi connectivity index (χ3v) is 4.34. The van der Waals surface area contributed by atoms with Gasteiger partial charge in [-0.1, -0.05) is 23.4 Å². The van der Waals surface area contributed by atoms with Crippen molar-refractivity contribution in [1.82, 2.24) is 5.32 Å². The van der Waals surface area contributed by atoms with Gasteiger partial charge in [0, 0.05) is 17.8 Å². The van der Waals surface area contributed by atoms with Crippen molar-refractivity contribution >= 4 is 40.9 Å². The van der Waals surface area contributed by atoms with Crippen LogP contribution in [-0.4, -0.2) is 24.1 Å². The van der Waals surface area contributed by atoms with Crippen LogP contribution in [0.3, 0.4) is 0 Å². The van der Waals surface area contributed by atoms with Gasteiger partial charge in [-0.05, 0) is 31.2 Å². The van der Waals surface area contributed by atoms with Crippen molar-refractivity contribution in [3.8, 4) is 6.07 Å². The third-order valence-electron chi connectivity index (χ3n) is 2.92. The summed E-state index contributed by atoms with van der Waals surface area (Å²) in [5.41, 5.74) is 0.503. The second kappa shape index (κ2) is 6.20. The molecule has 1 aromatic rings. The Kier molecular flexibility index (Phi) is 4.56. The lowest BCUT2D eigenvalue weighted by molar-refractivity contribution is -0.117. The molecule has 1 aliphatic heterocycles. The fourth-order valence-electron chi connectivity index (χ4n) is 1.88. The largest absolute Gasteiger partial charge is 0.354 e. The lowest BCUT2D eigenvalue weighted by Gasteiger charge is -2.18. The van der Waals surface area contributed by atoms with Gasteiger partial charge in [-0.25, -0.2) is 0 Å². The van der Waals surface area contributed by atoms with Crippen LogP contribution < -0.4 is 10.2 Å². The highest BCUT2D eigenvalue weighted by Crippen LogP contribution is 2.40. The molecule has 0 radical (unpaired) electrons. The molecule has 2 amide bonds. The Hall–Kier alpha value is -1.97. The van der Waals surface area contributed by atoms with Crippen molar-refractivity contribution in [3.05, 3.63) is 39.9 Å². The molecule has 0 saturated carbocycles. The number of nitrogens with one attached hydrogen (secondary N) is 1.